The van der Waals surface area contributed by atoms with Crippen molar-refractivity contribution in [3.8, 4) is 0 Å². The first-order valence-electron chi connectivity index (χ1n) is 4.34. The molecule has 2 nitrogen and oxygen atoms in total. The van der Waals surface area contributed by atoms with Crippen LogP contribution in [0, 0.1) is 5.92 Å². The minimum absolute atomic E-state index is 0.160. The highest BCUT2D eigenvalue weighted by Crippen LogP contribution is 2.25. The Morgan fingerprint density at radius 1 is 1.54 bits per heavy atom. The van der Waals surface area contributed by atoms with Crippen molar-refractivity contribution in [3.63, 3.8) is 0 Å². The van der Waals surface area contributed by atoms with Crippen LogP contribution in [0.15, 0.2) is 16.5 Å². The van der Waals surface area contributed by atoms with Crippen molar-refractivity contribution in [3.05, 3.63) is 23.1 Å². The van der Waals surface area contributed by atoms with E-state index in [4.69, 9.17) is 16.0 Å². The maximum atomic E-state index is 10.7. The summed E-state index contributed by atoms with van der Waals surface area (Å²) < 4.78 is 5.17. The molecule has 0 spiro atoms. The molecule has 0 radical (unpaired) electrons. The molecule has 0 aliphatic heterocycles. The topological polar surface area (TPSA) is 30.2 Å². The molecule has 0 aliphatic carbocycles. The van der Waals surface area contributed by atoms with Gasteiger partial charge in [-0.25, -0.2) is 0 Å². The summed E-state index contributed by atoms with van der Waals surface area (Å²) >= 11 is 5.62. The highest BCUT2D eigenvalue weighted by Gasteiger charge is 2.15. The number of carbonyl (C=O) groups is 1. The predicted molar refractivity (Wildman–Crippen MR) is 52.0 cm³/mol. The summed E-state index contributed by atoms with van der Waals surface area (Å²) in [6.45, 7) is 4.14. The zero-order chi connectivity index (χ0) is 9.84. The van der Waals surface area contributed by atoms with Crippen molar-refractivity contribution in [1.82, 2.24) is 0 Å². The summed E-state index contributed by atoms with van der Waals surface area (Å²) in [6, 6.07) is 3.41. The van der Waals surface area contributed by atoms with Crippen LogP contribution in [-0.2, 0) is 4.79 Å². The van der Waals surface area contributed by atoms with Gasteiger partial charge in [0.25, 0.3) is 0 Å². The van der Waals surface area contributed by atoms with E-state index in [0.29, 0.717) is 16.9 Å². The quantitative estimate of drug-likeness (QED) is 0.699. The maximum Gasteiger partial charge on any atom is 0.193 e. The Hall–Kier alpha value is -0.760. The van der Waals surface area contributed by atoms with Gasteiger partial charge in [-0.3, -0.25) is 0 Å². The summed E-state index contributed by atoms with van der Waals surface area (Å²) in [5.74, 6) is 0.972. The number of hydrogen-bond acceptors (Lipinski definition) is 2. The number of furan rings is 1. The second kappa shape index (κ2) is 4.47. The lowest BCUT2D eigenvalue weighted by Crippen LogP contribution is -2.02. The van der Waals surface area contributed by atoms with Crippen LogP contribution in [0.2, 0.25) is 5.22 Å². The molecule has 0 aliphatic rings. The summed E-state index contributed by atoms with van der Waals surface area (Å²) in [7, 11) is 0. The van der Waals surface area contributed by atoms with Gasteiger partial charge in [0.1, 0.15) is 12.0 Å². The molecule has 72 valence electrons. The van der Waals surface area contributed by atoms with E-state index in [9.17, 15) is 4.79 Å². The highest BCUT2D eigenvalue weighted by atomic mass is 35.5. The van der Waals surface area contributed by atoms with Gasteiger partial charge in [-0.15, -0.1) is 0 Å². The first kappa shape index (κ1) is 10.3. The number of hydrogen-bond donors (Lipinski definition) is 0. The monoisotopic (exact) mass is 200 g/mol. The molecule has 3 heteroatoms. The molecule has 1 aromatic heterocycles. The van der Waals surface area contributed by atoms with Gasteiger partial charge in [0.15, 0.2) is 5.22 Å². The largest absolute Gasteiger partial charge is 0.449 e. The fraction of sp³-hybridized carbons (Fsp3) is 0.500. The summed E-state index contributed by atoms with van der Waals surface area (Å²) in [5.41, 5.74) is 0. The van der Waals surface area contributed by atoms with E-state index in [1.165, 1.54) is 0 Å². The number of halogens is 1. The van der Waals surface area contributed by atoms with Crippen LogP contribution in [0.25, 0.3) is 0 Å². The first-order chi connectivity index (χ1) is 6.13. The Kier molecular flexibility index (Phi) is 3.55. The lowest BCUT2D eigenvalue weighted by molar-refractivity contribution is -0.109. The molecule has 1 aromatic rings. The average molecular weight is 201 g/mol. The highest BCUT2D eigenvalue weighted by molar-refractivity contribution is 6.28. The third-order valence-electron chi connectivity index (χ3n) is 1.85. The second-order valence-corrected chi connectivity index (χ2v) is 3.89. The Bertz CT molecular complexity index is 278. The van der Waals surface area contributed by atoms with Crippen molar-refractivity contribution in [2.75, 3.05) is 0 Å². The minimum atomic E-state index is -0.160. The van der Waals surface area contributed by atoms with Crippen molar-refractivity contribution >= 4 is 17.9 Å². The second-order valence-electron chi connectivity index (χ2n) is 3.51. The lowest BCUT2D eigenvalue weighted by Gasteiger charge is -2.09. The van der Waals surface area contributed by atoms with Crippen molar-refractivity contribution in [2.45, 2.75) is 26.2 Å². The van der Waals surface area contributed by atoms with E-state index in [2.05, 4.69) is 13.8 Å². The van der Waals surface area contributed by atoms with Crippen molar-refractivity contribution in [1.29, 1.82) is 0 Å². The van der Waals surface area contributed by atoms with Crippen LogP contribution >= 0.6 is 11.6 Å². The molecule has 0 aromatic carbocycles. The van der Waals surface area contributed by atoms with Gasteiger partial charge in [0.2, 0.25) is 0 Å². The maximum absolute atomic E-state index is 10.7. The molecule has 0 fully saturated rings. The normalized spacial score (nSPS) is 13.2. The Balaban J connectivity index is 2.72. The SMILES string of the molecule is CC(C)CC(C=O)c1ccc(Cl)o1. The lowest BCUT2D eigenvalue weighted by atomic mass is 9.96. The van der Waals surface area contributed by atoms with Gasteiger partial charge in [-0.2, -0.15) is 0 Å². The number of rotatable bonds is 4. The zero-order valence-corrected chi connectivity index (χ0v) is 8.54. The molecule has 0 saturated carbocycles. The Morgan fingerprint density at radius 2 is 2.23 bits per heavy atom. The van der Waals surface area contributed by atoms with Gasteiger partial charge in [-0.1, -0.05) is 13.8 Å². The summed E-state index contributed by atoms with van der Waals surface area (Å²) in [6.07, 6.45) is 1.71. The first-order valence-corrected chi connectivity index (χ1v) is 4.71. The van der Waals surface area contributed by atoms with Crippen LogP contribution in [0.3, 0.4) is 0 Å². The number of carbonyl (C=O) groups excluding carboxylic acids is 1. The van der Waals surface area contributed by atoms with E-state index in [1.807, 2.05) is 0 Å². The molecule has 0 N–H and O–H groups in total. The molecule has 1 atom stereocenters. The number of aldehydes is 1. The van der Waals surface area contributed by atoms with Crippen molar-refractivity contribution < 1.29 is 9.21 Å². The smallest absolute Gasteiger partial charge is 0.193 e. The molecule has 1 rings (SSSR count). The standard InChI is InChI=1S/C10H13ClO2/c1-7(2)5-8(6-12)9-3-4-10(11)13-9/h3-4,6-8H,5H2,1-2H3. The zero-order valence-electron chi connectivity index (χ0n) is 7.79. The van der Waals surface area contributed by atoms with Gasteiger partial charge in [0, 0.05) is 0 Å². The predicted octanol–water partition coefficient (Wildman–Crippen LogP) is 3.26. The van der Waals surface area contributed by atoms with E-state index in [0.717, 1.165) is 12.7 Å². The molecule has 13 heavy (non-hydrogen) atoms. The van der Waals surface area contributed by atoms with Gasteiger partial charge in [-0.05, 0) is 36.1 Å². The van der Waals surface area contributed by atoms with Crippen molar-refractivity contribution in [2.24, 2.45) is 5.92 Å². The minimum Gasteiger partial charge on any atom is -0.449 e. The molecule has 1 heterocycles. The Labute approximate surface area is 82.9 Å². The fourth-order valence-corrected chi connectivity index (χ4v) is 1.43. The van der Waals surface area contributed by atoms with Crippen LogP contribution in [0.5, 0.6) is 0 Å². The van der Waals surface area contributed by atoms with E-state index in [-0.39, 0.29) is 5.92 Å². The third kappa shape index (κ3) is 2.88. The third-order valence-corrected chi connectivity index (χ3v) is 2.05. The van der Waals surface area contributed by atoms with Crippen LogP contribution in [0.4, 0.5) is 0 Å². The summed E-state index contributed by atoms with van der Waals surface area (Å²) in [5, 5.41) is 0.339. The fourth-order valence-electron chi connectivity index (χ4n) is 1.27. The molecular weight excluding hydrogens is 188 g/mol. The van der Waals surface area contributed by atoms with Gasteiger partial charge < -0.3 is 9.21 Å². The van der Waals surface area contributed by atoms with E-state index < -0.39 is 0 Å². The van der Waals surface area contributed by atoms with E-state index >= 15 is 0 Å². The molecule has 0 amide bonds. The van der Waals surface area contributed by atoms with Crippen LogP contribution in [-0.4, -0.2) is 6.29 Å². The van der Waals surface area contributed by atoms with Crippen LogP contribution < -0.4 is 0 Å². The van der Waals surface area contributed by atoms with Crippen LogP contribution in [0.1, 0.15) is 31.9 Å². The molecular formula is C10H13ClO2. The summed E-state index contributed by atoms with van der Waals surface area (Å²) in [4.78, 5) is 10.7. The van der Waals surface area contributed by atoms with E-state index in [1.54, 1.807) is 12.1 Å². The van der Waals surface area contributed by atoms with Gasteiger partial charge >= 0.3 is 0 Å². The molecule has 1 unspecified atom stereocenters. The Morgan fingerprint density at radius 3 is 2.62 bits per heavy atom. The average Bonchev–Trinajstić information content (AvgIpc) is 2.47. The van der Waals surface area contributed by atoms with Gasteiger partial charge in [0.05, 0.1) is 5.92 Å². The molecule has 0 bridgehead atoms. The molecule has 0 saturated heterocycles.